The molecule has 0 radical (unpaired) electrons. The van der Waals surface area contributed by atoms with E-state index in [1.165, 1.54) is 24.8 Å². The van der Waals surface area contributed by atoms with E-state index in [9.17, 15) is 15.0 Å². The normalized spacial score (nSPS) is 44.2. The van der Waals surface area contributed by atoms with Crippen LogP contribution in [0, 0.1) is 50.7 Å². The molecule has 1 aromatic heterocycles. The summed E-state index contributed by atoms with van der Waals surface area (Å²) in [5.74, 6) is -0.826. The molecule has 12 atom stereocenters. The maximum Gasteiger partial charge on any atom is 0.335 e. The van der Waals surface area contributed by atoms with Crippen LogP contribution in [-0.2, 0) is 30.3 Å². The van der Waals surface area contributed by atoms with Gasteiger partial charge in [0.15, 0.2) is 11.6 Å². The maximum atomic E-state index is 12.2. The molecule has 56 heavy (non-hydrogen) atoms. The van der Waals surface area contributed by atoms with Crippen LogP contribution >= 0.6 is 0 Å². The summed E-state index contributed by atoms with van der Waals surface area (Å²) in [7, 11) is 0. The summed E-state index contributed by atoms with van der Waals surface area (Å²) in [6.07, 6.45) is 10.7. The first kappa shape index (κ1) is 38.8. The van der Waals surface area contributed by atoms with Crippen molar-refractivity contribution in [3.05, 3.63) is 53.4 Å². The van der Waals surface area contributed by atoms with Crippen molar-refractivity contribution in [1.29, 1.82) is 0 Å². The predicted octanol–water partition coefficient (Wildman–Crippen LogP) is 7.74. The molecule has 0 spiro atoms. The van der Waals surface area contributed by atoms with Crippen molar-refractivity contribution in [3.8, 4) is 5.69 Å². The number of carboxylic acid groups (broad SMARTS) is 1. The van der Waals surface area contributed by atoms with Gasteiger partial charge in [0.05, 0.1) is 67.1 Å². The fourth-order valence-electron chi connectivity index (χ4n) is 13.9. The smallest absolute Gasteiger partial charge is 0.335 e. The summed E-state index contributed by atoms with van der Waals surface area (Å²) in [6, 6.07) is 6.55. The van der Waals surface area contributed by atoms with Crippen LogP contribution in [0.4, 0.5) is 0 Å². The van der Waals surface area contributed by atoms with Crippen molar-refractivity contribution in [2.75, 3.05) is 13.2 Å². The van der Waals surface area contributed by atoms with Gasteiger partial charge in [-0.2, -0.15) is 0 Å². The van der Waals surface area contributed by atoms with Crippen LogP contribution in [0.5, 0.6) is 0 Å². The SMILES string of the molecule is CC1(C)OC[C@]2(C)C3CC[C@@]4(C)C5C[C@H]6OC(C)(C)O[C@H]7[C@H](O)C(C)(C)CC(C5=CCC4[C@@]3(C)CC[C@@H]2O1)[C@@]67COCc1cn(-c2ccc(C(=O)O)cc2)nn1. The van der Waals surface area contributed by atoms with Crippen molar-refractivity contribution < 1.29 is 38.7 Å². The number of aromatic carboxylic acids is 1. The Kier molecular flexibility index (Phi) is 8.78. The molecule has 5 aliphatic carbocycles. The van der Waals surface area contributed by atoms with Crippen molar-refractivity contribution >= 4 is 5.97 Å². The van der Waals surface area contributed by atoms with Crippen molar-refractivity contribution in [1.82, 2.24) is 15.0 Å². The Morgan fingerprint density at radius 3 is 2.32 bits per heavy atom. The first-order valence-electron chi connectivity index (χ1n) is 21.1. The van der Waals surface area contributed by atoms with Gasteiger partial charge in [-0.15, -0.1) is 5.10 Å². The van der Waals surface area contributed by atoms with Crippen LogP contribution < -0.4 is 0 Å². The molecule has 2 aromatic rings. The van der Waals surface area contributed by atoms with Crippen LogP contribution in [-0.4, -0.2) is 80.4 Å². The Morgan fingerprint density at radius 1 is 0.875 bits per heavy atom. The lowest BCUT2D eigenvalue weighted by atomic mass is 9.36. The summed E-state index contributed by atoms with van der Waals surface area (Å²) in [5.41, 5.74) is 2.43. The average Bonchev–Trinajstić information content (AvgIpc) is 3.60. The molecule has 2 saturated heterocycles. The van der Waals surface area contributed by atoms with E-state index in [0.29, 0.717) is 35.7 Å². The van der Waals surface area contributed by atoms with Crippen LogP contribution in [0.1, 0.15) is 123 Å². The predicted molar refractivity (Wildman–Crippen MR) is 208 cm³/mol. The molecule has 0 bridgehead atoms. The van der Waals surface area contributed by atoms with Crippen molar-refractivity contribution in [2.24, 2.45) is 50.7 Å². The third-order valence-electron chi connectivity index (χ3n) is 16.6. The van der Waals surface area contributed by atoms with E-state index in [1.54, 1.807) is 28.9 Å². The molecule has 306 valence electrons. The third kappa shape index (κ3) is 5.68. The van der Waals surface area contributed by atoms with E-state index in [4.69, 9.17) is 23.7 Å². The third-order valence-corrected chi connectivity index (χ3v) is 16.6. The maximum absolute atomic E-state index is 12.2. The van der Waals surface area contributed by atoms with E-state index in [1.807, 2.05) is 20.0 Å². The Balaban J connectivity index is 1.03. The average molecular weight is 774 g/mol. The van der Waals surface area contributed by atoms with E-state index < -0.39 is 35.2 Å². The number of hydrogen-bond donors (Lipinski definition) is 2. The molecule has 6 fully saturated rings. The second kappa shape index (κ2) is 12.7. The van der Waals surface area contributed by atoms with Crippen LogP contribution in [0.3, 0.4) is 0 Å². The zero-order valence-corrected chi connectivity index (χ0v) is 34.8. The van der Waals surface area contributed by atoms with Gasteiger partial charge in [-0.1, -0.05) is 51.5 Å². The molecule has 9 rings (SSSR count). The number of allylic oxidation sites excluding steroid dienone is 2. The number of aliphatic hydroxyl groups excluding tert-OH is 1. The number of carboxylic acids is 1. The van der Waals surface area contributed by atoms with Gasteiger partial charge < -0.3 is 33.9 Å². The van der Waals surface area contributed by atoms with Gasteiger partial charge in [-0.3, -0.25) is 0 Å². The first-order valence-corrected chi connectivity index (χ1v) is 21.1. The highest BCUT2D eigenvalue weighted by atomic mass is 16.7. The summed E-state index contributed by atoms with van der Waals surface area (Å²) < 4.78 is 35.3. The zero-order valence-electron chi connectivity index (χ0n) is 34.8. The molecular formula is C45H63N3O8. The molecule has 2 N–H and O–H groups in total. The van der Waals surface area contributed by atoms with Crippen molar-refractivity contribution in [3.63, 3.8) is 0 Å². The largest absolute Gasteiger partial charge is 0.478 e. The van der Waals surface area contributed by atoms with Gasteiger partial charge >= 0.3 is 5.97 Å². The first-order chi connectivity index (χ1) is 26.2. The highest BCUT2D eigenvalue weighted by Crippen LogP contribution is 2.73. The van der Waals surface area contributed by atoms with E-state index in [-0.39, 0.29) is 52.0 Å². The molecule has 11 heteroatoms. The minimum absolute atomic E-state index is 0.00612. The molecule has 3 heterocycles. The number of aromatic nitrogens is 3. The topological polar surface area (TPSA) is 134 Å². The summed E-state index contributed by atoms with van der Waals surface area (Å²) >= 11 is 0. The van der Waals surface area contributed by atoms with Crippen molar-refractivity contribution in [2.45, 2.75) is 150 Å². The van der Waals surface area contributed by atoms with E-state index in [0.717, 1.165) is 32.3 Å². The van der Waals surface area contributed by atoms with Gasteiger partial charge in [0.1, 0.15) is 5.69 Å². The lowest BCUT2D eigenvalue weighted by molar-refractivity contribution is -0.401. The fourth-order valence-corrected chi connectivity index (χ4v) is 13.9. The van der Waals surface area contributed by atoms with E-state index >= 15 is 0 Å². The monoisotopic (exact) mass is 773 g/mol. The lowest BCUT2D eigenvalue weighted by Crippen LogP contribution is -2.74. The van der Waals surface area contributed by atoms with Gasteiger partial charge in [-0.25, -0.2) is 9.48 Å². The van der Waals surface area contributed by atoms with Crippen LogP contribution in [0.25, 0.3) is 5.69 Å². The van der Waals surface area contributed by atoms with Gasteiger partial charge in [-0.05, 0) is 137 Å². The highest BCUT2D eigenvalue weighted by Gasteiger charge is 2.72. The zero-order chi connectivity index (χ0) is 39.8. The number of aliphatic hydroxyl groups is 1. The number of hydrogen-bond acceptors (Lipinski definition) is 9. The Labute approximate surface area is 331 Å². The molecule has 11 nitrogen and oxygen atoms in total. The standard InChI is InChI=1S/C45H63N3O8/c1-39(2)21-31-29-14-15-32-42(7,18-16-33-43(32,8)19-17-34-44(33,9)24-53-40(3,4)54-34)30(29)20-35-45(31,37(36(39)49)56-41(5,6)55-35)25-52-23-27-22-48(47-46-27)28-12-10-26(11-13-28)38(50)51/h10-14,22,30-37,49H,15-21,23-25H2,1-9H3,(H,50,51)/t30?,31?,32?,33?,34-,35+,36-,37-,42-,43+,44+,45-/m0/s1. The molecule has 4 unspecified atom stereocenters. The summed E-state index contributed by atoms with van der Waals surface area (Å²) in [6.45, 7) is 21.5. The number of carbonyl (C=O) groups is 1. The van der Waals surface area contributed by atoms with Crippen LogP contribution in [0.15, 0.2) is 42.1 Å². The molecule has 7 aliphatic rings. The van der Waals surface area contributed by atoms with Gasteiger partial charge in [0, 0.05) is 5.41 Å². The molecule has 0 amide bonds. The fraction of sp³-hybridized carbons (Fsp3) is 0.756. The minimum Gasteiger partial charge on any atom is -0.478 e. The number of fused-ring (bicyclic) bond motifs is 8. The van der Waals surface area contributed by atoms with Gasteiger partial charge in [0.25, 0.3) is 0 Å². The number of ether oxygens (including phenoxy) is 5. The molecule has 4 saturated carbocycles. The van der Waals surface area contributed by atoms with E-state index in [2.05, 4.69) is 64.9 Å². The number of rotatable bonds is 6. The number of benzene rings is 1. The molecule has 2 aliphatic heterocycles. The highest BCUT2D eigenvalue weighted by molar-refractivity contribution is 5.87. The summed E-state index contributed by atoms with van der Waals surface area (Å²) in [5, 5.41) is 30.2. The number of nitrogens with zero attached hydrogens (tertiary/aromatic N) is 3. The quantitative estimate of drug-likeness (QED) is 0.281. The minimum atomic E-state index is -0.973. The molecular weight excluding hydrogens is 711 g/mol. The second-order valence-electron chi connectivity index (χ2n) is 21.1. The van der Waals surface area contributed by atoms with Gasteiger partial charge in [0.2, 0.25) is 0 Å². The van der Waals surface area contributed by atoms with Crippen LogP contribution in [0.2, 0.25) is 0 Å². The Hall–Kier alpha value is -2.67. The second-order valence-corrected chi connectivity index (χ2v) is 21.1. The summed E-state index contributed by atoms with van der Waals surface area (Å²) in [4.78, 5) is 11.4. The Bertz CT molecular complexity index is 1910. The lowest BCUT2D eigenvalue weighted by Gasteiger charge is -2.72. The Morgan fingerprint density at radius 2 is 1.59 bits per heavy atom. The molecule has 1 aromatic carbocycles.